The van der Waals surface area contributed by atoms with Crippen molar-refractivity contribution in [1.82, 2.24) is 5.32 Å². The van der Waals surface area contributed by atoms with E-state index in [1.165, 1.54) is 16.7 Å². The molecule has 1 atom stereocenters. The van der Waals surface area contributed by atoms with Crippen molar-refractivity contribution in [3.05, 3.63) is 51.7 Å². The zero-order chi connectivity index (χ0) is 15.2. The highest BCUT2D eigenvalue weighted by atomic mass is 32.1. The van der Waals surface area contributed by atoms with Crippen LogP contribution in [0.5, 0.6) is 5.75 Å². The summed E-state index contributed by atoms with van der Waals surface area (Å²) >= 11 is 1.77. The van der Waals surface area contributed by atoms with Crippen LogP contribution >= 0.6 is 11.3 Å². The first kappa shape index (κ1) is 16.1. The first-order valence-corrected chi connectivity index (χ1v) is 8.58. The Morgan fingerprint density at radius 3 is 2.67 bits per heavy atom. The van der Waals surface area contributed by atoms with Gasteiger partial charge < -0.3 is 10.1 Å². The van der Waals surface area contributed by atoms with Gasteiger partial charge in [-0.3, -0.25) is 0 Å². The van der Waals surface area contributed by atoms with E-state index in [2.05, 4.69) is 62.0 Å². The number of hydrogen-bond donors (Lipinski definition) is 1. The molecule has 1 N–H and O–H groups in total. The molecular weight excluding hydrogens is 278 g/mol. The van der Waals surface area contributed by atoms with Gasteiger partial charge in [0.15, 0.2) is 0 Å². The summed E-state index contributed by atoms with van der Waals surface area (Å²) in [5.74, 6) is 0.943. The number of nitrogens with one attached hydrogen (secondary N) is 1. The smallest absolute Gasteiger partial charge is 0.120 e. The quantitative estimate of drug-likeness (QED) is 0.783. The summed E-state index contributed by atoms with van der Waals surface area (Å²) in [6.45, 7) is 9.50. The maximum Gasteiger partial charge on any atom is 0.120 e. The van der Waals surface area contributed by atoms with Gasteiger partial charge in [0, 0.05) is 0 Å². The van der Waals surface area contributed by atoms with Crippen molar-refractivity contribution in [3.8, 4) is 5.75 Å². The van der Waals surface area contributed by atoms with E-state index in [-0.39, 0.29) is 12.1 Å². The molecule has 2 nitrogen and oxygen atoms in total. The number of hydrogen-bond acceptors (Lipinski definition) is 3. The lowest BCUT2D eigenvalue weighted by Gasteiger charge is -2.20. The standard InChI is InChI=1S/C18H25NOS/c1-5-9-19-18(17-12-21-11-14(17)4)15-7-6-8-16(10-15)20-13(2)3/h6-8,10-13,18-19H,5,9H2,1-4H3. The number of thiophene rings is 1. The summed E-state index contributed by atoms with van der Waals surface area (Å²) in [4.78, 5) is 0. The van der Waals surface area contributed by atoms with Crippen LogP contribution in [0.2, 0.25) is 0 Å². The molecule has 3 heteroatoms. The van der Waals surface area contributed by atoms with Gasteiger partial charge >= 0.3 is 0 Å². The van der Waals surface area contributed by atoms with E-state index in [1.807, 2.05) is 6.07 Å². The monoisotopic (exact) mass is 303 g/mol. The first-order chi connectivity index (χ1) is 10.1. The van der Waals surface area contributed by atoms with E-state index >= 15 is 0 Å². The summed E-state index contributed by atoms with van der Waals surface area (Å²) in [5.41, 5.74) is 3.99. The molecule has 0 saturated carbocycles. The van der Waals surface area contributed by atoms with Crippen LogP contribution in [0.25, 0.3) is 0 Å². The number of rotatable bonds is 7. The molecule has 0 amide bonds. The summed E-state index contributed by atoms with van der Waals surface area (Å²) in [5, 5.41) is 8.12. The molecule has 1 aromatic carbocycles. The van der Waals surface area contributed by atoms with Crippen LogP contribution in [0.1, 0.15) is 49.9 Å². The highest BCUT2D eigenvalue weighted by Gasteiger charge is 2.16. The molecule has 2 rings (SSSR count). The molecule has 0 aliphatic rings. The van der Waals surface area contributed by atoms with E-state index in [1.54, 1.807) is 11.3 Å². The Hall–Kier alpha value is -1.32. The Kier molecular flexibility index (Phi) is 5.83. The van der Waals surface area contributed by atoms with Crippen molar-refractivity contribution in [1.29, 1.82) is 0 Å². The van der Waals surface area contributed by atoms with Crippen LogP contribution in [0.4, 0.5) is 0 Å². The van der Waals surface area contributed by atoms with Crippen molar-refractivity contribution < 1.29 is 4.74 Å². The van der Waals surface area contributed by atoms with Gasteiger partial charge in [-0.15, -0.1) is 0 Å². The van der Waals surface area contributed by atoms with E-state index < -0.39 is 0 Å². The molecule has 0 radical (unpaired) electrons. The van der Waals surface area contributed by atoms with Crippen LogP contribution in [0, 0.1) is 6.92 Å². The second-order valence-corrected chi connectivity index (χ2v) is 6.38. The lowest BCUT2D eigenvalue weighted by atomic mass is 9.98. The molecule has 1 aromatic heterocycles. The fourth-order valence-corrected chi connectivity index (χ4v) is 3.28. The Labute approximate surface area is 132 Å². The SMILES string of the molecule is CCCNC(c1cccc(OC(C)C)c1)c1cscc1C. The first-order valence-electron chi connectivity index (χ1n) is 7.64. The summed E-state index contributed by atoms with van der Waals surface area (Å²) in [6.07, 6.45) is 1.33. The van der Waals surface area contributed by atoms with Crippen molar-refractivity contribution in [3.63, 3.8) is 0 Å². The fraction of sp³-hybridized carbons (Fsp3) is 0.444. The molecule has 0 spiro atoms. The zero-order valence-corrected chi connectivity index (χ0v) is 14.2. The van der Waals surface area contributed by atoms with E-state index in [0.29, 0.717) is 0 Å². The number of benzene rings is 1. The average Bonchev–Trinajstić information content (AvgIpc) is 2.85. The molecule has 2 aromatic rings. The van der Waals surface area contributed by atoms with Gasteiger partial charge in [-0.2, -0.15) is 11.3 Å². The Bertz CT molecular complexity index is 562. The Morgan fingerprint density at radius 1 is 1.24 bits per heavy atom. The van der Waals surface area contributed by atoms with Crippen LogP contribution in [-0.4, -0.2) is 12.6 Å². The lowest BCUT2D eigenvalue weighted by molar-refractivity contribution is 0.242. The third-order valence-electron chi connectivity index (χ3n) is 3.37. The molecule has 1 heterocycles. The van der Waals surface area contributed by atoms with E-state index in [9.17, 15) is 0 Å². The molecule has 0 fully saturated rings. The third-order valence-corrected chi connectivity index (χ3v) is 4.25. The molecule has 0 aliphatic carbocycles. The topological polar surface area (TPSA) is 21.3 Å². The average molecular weight is 303 g/mol. The molecular formula is C18H25NOS. The van der Waals surface area contributed by atoms with Crippen molar-refractivity contribution in [2.75, 3.05) is 6.54 Å². The second-order valence-electron chi connectivity index (χ2n) is 5.64. The van der Waals surface area contributed by atoms with Crippen molar-refractivity contribution >= 4 is 11.3 Å². The summed E-state index contributed by atoms with van der Waals surface area (Å²) < 4.78 is 5.83. The second kappa shape index (κ2) is 7.62. The molecule has 114 valence electrons. The predicted octanol–water partition coefficient (Wildman–Crippen LogP) is 4.93. The van der Waals surface area contributed by atoms with Gasteiger partial charge in [0.2, 0.25) is 0 Å². The van der Waals surface area contributed by atoms with Crippen molar-refractivity contribution in [2.24, 2.45) is 0 Å². The van der Waals surface area contributed by atoms with E-state index in [4.69, 9.17) is 4.74 Å². The molecule has 1 unspecified atom stereocenters. The fourth-order valence-electron chi connectivity index (χ4n) is 2.40. The van der Waals surface area contributed by atoms with Crippen molar-refractivity contribution in [2.45, 2.75) is 46.3 Å². The van der Waals surface area contributed by atoms with E-state index in [0.717, 1.165) is 18.7 Å². The highest BCUT2D eigenvalue weighted by Crippen LogP contribution is 2.29. The largest absolute Gasteiger partial charge is 0.491 e. The lowest BCUT2D eigenvalue weighted by Crippen LogP contribution is -2.23. The van der Waals surface area contributed by atoms with Gasteiger partial charge in [0.05, 0.1) is 12.1 Å². The van der Waals surface area contributed by atoms with Gasteiger partial charge in [-0.1, -0.05) is 19.1 Å². The van der Waals surface area contributed by atoms with Gasteiger partial charge in [0.25, 0.3) is 0 Å². The van der Waals surface area contributed by atoms with Crippen LogP contribution in [0.15, 0.2) is 35.0 Å². The Morgan fingerprint density at radius 2 is 2.05 bits per heavy atom. The minimum atomic E-state index is 0.199. The zero-order valence-electron chi connectivity index (χ0n) is 13.3. The molecule has 21 heavy (non-hydrogen) atoms. The van der Waals surface area contributed by atoms with Gasteiger partial charge in [-0.25, -0.2) is 0 Å². The normalized spacial score (nSPS) is 12.6. The number of ether oxygens (including phenoxy) is 1. The summed E-state index contributed by atoms with van der Waals surface area (Å²) in [6, 6.07) is 8.69. The molecule has 0 bridgehead atoms. The minimum absolute atomic E-state index is 0.199. The molecule has 0 saturated heterocycles. The van der Waals surface area contributed by atoms with Gasteiger partial charge in [0.1, 0.15) is 5.75 Å². The Balaban J connectivity index is 2.30. The maximum atomic E-state index is 5.83. The summed E-state index contributed by atoms with van der Waals surface area (Å²) in [7, 11) is 0. The third kappa shape index (κ3) is 4.32. The predicted molar refractivity (Wildman–Crippen MR) is 91.4 cm³/mol. The highest BCUT2D eigenvalue weighted by molar-refractivity contribution is 7.08. The molecule has 0 aliphatic heterocycles. The number of aryl methyl sites for hydroxylation is 1. The van der Waals surface area contributed by atoms with Crippen LogP contribution in [-0.2, 0) is 0 Å². The minimum Gasteiger partial charge on any atom is -0.491 e. The van der Waals surface area contributed by atoms with Gasteiger partial charge in [-0.05, 0) is 73.3 Å². The maximum absolute atomic E-state index is 5.83. The van der Waals surface area contributed by atoms with Crippen LogP contribution in [0.3, 0.4) is 0 Å². The van der Waals surface area contributed by atoms with Crippen LogP contribution < -0.4 is 10.1 Å².